The zero-order valence-corrected chi connectivity index (χ0v) is 23.8. The van der Waals surface area contributed by atoms with Gasteiger partial charge < -0.3 is 10.2 Å². The van der Waals surface area contributed by atoms with Crippen molar-refractivity contribution in [3.63, 3.8) is 0 Å². The van der Waals surface area contributed by atoms with Gasteiger partial charge in [0.1, 0.15) is 6.04 Å². The van der Waals surface area contributed by atoms with Gasteiger partial charge in [-0.2, -0.15) is 4.31 Å². The summed E-state index contributed by atoms with van der Waals surface area (Å²) in [6, 6.07) is 16.3. The molecule has 1 N–H and O–H groups in total. The van der Waals surface area contributed by atoms with Gasteiger partial charge in [-0.15, -0.1) is 0 Å². The zero-order chi connectivity index (χ0) is 27.5. The highest BCUT2D eigenvalue weighted by Crippen LogP contribution is 2.27. The van der Waals surface area contributed by atoms with Gasteiger partial charge in [0, 0.05) is 34.7 Å². The second-order valence-corrected chi connectivity index (χ2v) is 12.8. The second-order valence-electron chi connectivity index (χ2n) is 9.91. The van der Waals surface area contributed by atoms with Crippen LogP contribution < -0.4 is 5.32 Å². The first-order valence-corrected chi connectivity index (χ1v) is 13.9. The van der Waals surface area contributed by atoms with Gasteiger partial charge in [-0.1, -0.05) is 59.6 Å². The molecule has 0 aliphatic rings. The van der Waals surface area contributed by atoms with Crippen molar-refractivity contribution in [1.82, 2.24) is 14.5 Å². The Hall–Kier alpha value is -2.65. The summed E-state index contributed by atoms with van der Waals surface area (Å²) < 4.78 is 27.6. The highest BCUT2D eigenvalue weighted by Gasteiger charge is 2.32. The van der Waals surface area contributed by atoms with Crippen LogP contribution in [0.4, 0.5) is 0 Å². The van der Waals surface area contributed by atoms with E-state index in [0.29, 0.717) is 15.6 Å². The van der Waals surface area contributed by atoms with Gasteiger partial charge in [0.05, 0.1) is 11.4 Å². The molecule has 0 aliphatic heterocycles. The number of nitrogens with zero attached hydrogens (tertiary/aromatic N) is 2. The largest absolute Gasteiger partial charge is 0.350 e. The Bertz CT molecular complexity index is 1400. The van der Waals surface area contributed by atoms with Crippen LogP contribution in [0.25, 0.3) is 10.8 Å². The van der Waals surface area contributed by atoms with E-state index in [9.17, 15) is 18.0 Å². The molecule has 3 rings (SSSR count). The number of likely N-dealkylation sites (N-methyl/N-ethyl adjacent to an activating group) is 1. The minimum atomic E-state index is -3.99. The minimum absolute atomic E-state index is 0.0695. The Balaban J connectivity index is 1.90. The maximum absolute atomic E-state index is 13.5. The molecule has 37 heavy (non-hydrogen) atoms. The van der Waals surface area contributed by atoms with Crippen LogP contribution in [0.2, 0.25) is 10.0 Å². The Morgan fingerprint density at radius 2 is 1.54 bits per heavy atom. The molecule has 3 aromatic carbocycles. The van der Waals surface area contributed by atoms with Gasteiger partial charge >= 0.3 is 0 Å². The average molecular weight is 565 g/mol. The summed E-state index contributed by atoms with van der Waals surface area (Å²) in [5, 5.41) is 5.22. The predicted molar refractivity (Wildman–Crippen MR) is 148 cm³/mol. The molecule has 3 aromatic rings. The number of hydrogen-bond acceptors (Lipinski definition) is 4. The molecular formula is C27H31Cl2N3O4S. The minimum Gasteiger partial charge on any atom is -0.350 e. The fourth-order valence-corrected chi connectivity index (χ4v) is 5.46. The number of carbonyl (C=O) groups excluding carboxylic acids is 2. The maximum Gasteiger partial charge on any atom is 0.243 e. The normalized spacial score (nSPS) is 13.0. The number of halogens is 2. The molecule has 0 bridgehead atoms. The molecule has 0 aromatic heterocycles. The van der Waals surface area contributed by atoms with E-state index in [-0.39, 0.29) is 17.3 Å². The van der Waals surface area contributed by atoms with Crippen LogP contribution in [0.3, 0.4) is 0 Å². The highest BCUT2D eigenvalue weighted by atomic mass is 35.5. The number of benzene rings is 3. The number of amides is 2. The molecule has 0 saturated heterocycles. The average Bonchev–Trinajstić information content (AvgIpc) is 2.82. The molecule has 0 radical (unpaired) electrons. The number of fused-ring (bicyclic) bond motifs is 1. The molecule has 7 nitrogen and oxygen atoms in total. The third-order valence-electron chi connectivity index (χ3n) is 5.84. The lowest BCUT2D eigenvalue weighted by Gasteiger charge is -2.32. The van der Waals surface area contributed by atoms with Gasteiger partial charge in [-0.25, -0.2) is 8.42 Å². The predicted octanol–water partition coefficient (Wildman–Crippen LogP) is 5.10. The third-order valence-corrected chi connectivity index (χ3v) is 8.35. The van der Waals surface area contributed by atoms with E-state index in [2.05, 4.69) is 5.32 Å². The molecule has 10 heteroatoms. The molecular weight excluding hydrogens is 533 g/mol. The molecule has 0 fully saturated rings. The SMILES string of the molecule is C[C@H](C(=O)NC(C)(C)C)N(Cc1c(Cl)cccc1Cl)C(=O)CN(C)S(=O)(=O)c1ccc2ccccc2c1. The van der Waals surface area contributed by atoms with Crippen molar-refractivity contribution in [2.75, 3.05) is 13.6 Å². The van der Waals surface area contributed by atoms with E-state index < -0.39 is 34.1 Å². The lowest BCUT2D eigenvalue weighted by atomic mass is 10.1. The van der Waals surface area contributed by atoms with Crippen LogP contribution in [0, 0.1) is 0 Å². The molecule has 198 valence electrons. The van der Waals surface area contributed by atoms with Crippen molar-refractivity contribution in [3.8, 4) is 0 Å². The van der Waals surface area contributed by atoms with E-state index in [0.717, 1.165) is 15.1 Å². The molecule has 2 amide bonds. The van der Waals surface area contributed by atoms with Crippen molar-refractivity contribution >= 4 is 55.8 Å². The van der Waals surface area contributed by atoms with Crippen molar-refractivity contribution < 1.29 is 18.0 Å². The van der Waals surface area contributed by atoms with Crippen molar-refractivity contribution in [2.24, 2.45) is 0 Å². The molecule has 0 aliphatic carbocycles. The summed E-state index contributed by atoms with van der Waals surface area (Å²) >= 11 is 12.7. The summed E-state index contributed by atoms with van der Waals surface area (Å²) in [7, 11) is -2.65. The van der Waals surface area contributed by atoms with E-state index >= 15 is 0 Å². The second kappa shape index (κ2) is 11.4. The van der Waals surface area contributed by atoms with Crippen molar-refractivity contribution in [2.45, 2.75) is 50.7 Å². The fraction of sp³-hybridized carbons (Fsp3) is 0.333. The van der Waals surface area contributed by atoms with E-state index in [1.165, 1.54) is 18.0 Å². The monoisotopic (exact) mass is 563 g/mol. The number of rotatable bonds is 8. The summed E-state index contributed by atoms with van der Waals surface area (Å²) in [4.78, 5) is 27.9. The smallest absolute Gasteiger partial charge is 0.243 e. The Kier molecular flexibility index (Phi) is 8.90. The van der Waals surface area contributed by atoms with Gasteiger partial charge in [0.15, 0.2) is 0 Å². The fourth-order valence-electron chi connectivity index (χ4n) is 3.78. The van der Waals surface area contributed by atoms with Crippen LogP contribution in [-0.4, -0.2) is 54.6 Å². The quantitative estimate of drug-likeness (QED) is 0.413. The topological polar surface area (TPSA) is 86.8 Å². The van der Waals surface area contributed by atoms with Crippen molar-refractivity contribution in [1.29, 1.82) is 0 Å². The Morgan fingerprint density at radius 3 is 2.14 bits per heavy atom. The molecule has 0 heterocycles. The van der Waals surface area contributed by atoms with Crippen LogP contribution in [0.1, 0.15) is 33.3 Å². The number of carbonyl (C=O) groups is 2. The summed E-state index contributed by atoms with van der Waals surface area (Å²) in [5.41, 5.74) is -0.0622. The number of sulfonamides is 1. The first kappa shape index (κ1) is 28.9. The summed E-state index contributed by atoms with van der Waals surface area (Å²) in [5.74, 6) is -0.955. The number of nitrogens with one attached hydrogen (secondary N) is 1. The molecule has 0 saturated carbocycles. The van der Waals surface area contributed by atoms with Crippen LogP contribution in [0.15, 0.2) is 65.6 Å². The van der Waals surface area contributed by atoms with Gasteiger partial charge in [-0.05, 0) is 62.7 Å². The lowest BCUT2D eigenvalue weighted by molar-refractivity contribution is -0.141. The first-order valence-electron chi connectivity index (χ1n) is 11.7. The van der Waals surface area contributed by atoms with Crippen LogP contribution >= 0.6 is 23.2 Å². The zero-order valence-electron chi connectivity index (χ0n) is 21.5. The van der Waals surface area contributed by atoms with E-state index in [4.69, 9.17) is 23.2 Å². The van der Waals surface area contributed by atoms with E-state index in [1.54, 1.807) is 37.3 Å². The first-order chi connectivity index (χ1) is 17.2. The van der Waals surface area contributed by atoms with Crippen molar-refractivity contribution in [3.05, 3.63) is 76.3 Å². The molecule has 0 spiro atoms. The summed E-state index contributed by atoms with van der Waals surface area (Å²) in [6.45, 7) is 6.53. The summed E-state index contributed by atoms with van der Waals surface area (Å²) in [6.07, 6.45) is 0. The molecule has 0 unspecified atom stereocenters. The highest BCUT2D eigenvalue weighted by molar-refractivity contribution is 7.89. The van der Waals surface area contributed by atoms with Gasteiger partial charge in [-0.3, -0.25) is 9.59 Å². The van der Waals surface area contributed by atoms with Crippen LogP contribution in [0.5, 0.6) is 0 Å². The Morgan fingerprint density at radius 1 is 0.946 bits per heavy atom. The van der Waals surface area contributed by atoms with Gasteiger partial charge in [0.25, 0.3) is 0 Å². The van der Waals surface area contributed by atoms with Crippen LogP contribution in [-0.2, 0) is 26.2 Å². The molecule has 1 atom stereocenters. The standard InChI is InChI=1S/C27H31Cl2N3O4S/c1-18(26(34)30-27(2,3)4)32(16-22-23(28)11-8-12-24(22)29)25(33)17-31(5)37(35,36)21-14-13-19-9-6-7-10-20(19)15-21/h6-15,18H,16-17H2,1-5H3,(H,30,34)/t18-/m1/s1. The van der Waals surface area contributed by atoms with E-state index in [1.807, 2.05) is 45.0 Å². The lowest BCUT2D eigenvalue weighted by Crippen LogP contribution is -2.54. The third kappa shape index (κ3) is 7.02. The maximum atomic E-state index is 13.5. The Labute approximate surface area is 228 Å². The number of hydrogen-bond donors (Lipinski definition) is 1. The van der Waals surface area contributed by atoms with Gasteiger partial charge in [0.2, 0.25) is 21.8 Å².